The first kappa shape index (κ1) is 16.7. The minimum Gasteiger partial charge on any atom is -0.457 e. The summed E-state index contributed by atoms with van der Waals surface area (Å²) in [6.07, 6.45) is 1.78. The second-order valence-corrected chi connectivity index (χ2v) is 13.3. The van der Waals surface area contributed by atoms with Gasteiger partial charge in [0.15, 0.2) is 0 Å². The Labute approximate surface area is 147 Å². The summed E-state index contributed by atoms with van der Waals surface area (Å²) in [5.41, 5.74) is 4.79. The van der Waals surface area contributed by atoms with E-state index < -0.39 is 8.07 Å². The minimum atomic E-state index is -1.47. The summed E-state index contributed by atoms with van der Waals surface area (Å²) in [7, 11) is -1.47. The molecule has 1 unspecified atom stereocenters. The Bertz CT molecular complexity index is 708. The molecule has 0 spiro atoms. The Morgan fingerprint density at radius 2 is 1.87 bits per heavy atom. The fourth-order valence-electron chi connectivity index (χ4n) is 3.77. The molecule has 1 aliphatic carbocycles. The highest BCUT2D eigenvalue weighted by molar-refractivity contribution is 9.10. The van der Waals surface area contributed by atoms with Crippen LogP contribution in [0.1, 0.15) is 31.2 Å². The van der Waals surface area contributed by atoms with Gasteiger partial charge in [-0.3, -0.25) is 0 Å². The van der Waals surface area contributed by atoms with Crippen LogP contribution in [0.3, 0.4) is 0 Å². The smallest absolute Gasteiger partial charge is 0.334 e. The third-order valence-electron chi connectivity index (χ3n) is 4.66. The maximum Gasteiger partial charge on any atom is 0.334 e. The Hall–Kier alpha value is -1.13. The molecule has 1 aromatic carbocycles. The van der Waals surface area contributed by atoms with Crippen LogP contribution >= 0.6 is 15.9 Å². The van der Waals surface area contributed by atoms with Crippen molar-refractivity contribution in [1.29, 1.82) is 0 Å². The Kier molecular flexibility index (Phi) is 4.40. The number of halogens is 1. The number of rotatable bonds is 4. The van der Waals surface area contributed by atoms with Crippen molar-refractivity contribution in [2.24, 2.45) is 0 Å². The van der Waals surface area contributed by atoms with Crippen LogP contribution in [0.25, 0.3) is 0 Å². The quantitative estimate of drug-likeness (QED) is 0.509. The summed E-state index contributed by atoms with van der Waals surface area (Å²) < 4.78 is 6.55. The van der Waals surface area contributed by atoms with Crippen molar-refractivity contribution < 1.29 is 9.53 Å². The highest BCUT2D eigenvalue weighted by Gasteiger charge is 2.46. The van der Waals surface area contributed by atoms with Gasteiger partial charge in [0.1, 0.15) is 6.61 Å². The van der Waals surface area contributed by atoms with Crippen LogP contribution < -0.4 is 0 Å². The van der Waals surface area contributed by atoms with Crippen molar-refractivity contribution >= 4 is 30.0 Å². The lowest BCUT2D eigenvalue weighted by atomic mass is 9.72. The second kappa shape index (κ2) is 6.06. The second-order valence-electron chi connectivity index (χ2n) is 7.35. The van der Waals surface area contributed by atoms with Gasteiger partial charge in [-0.15, -0.1) is 0 Å². The standard InChI is InChI=1S/C19H23BrO2Si/c1-5-6-14-17-15(11-22-19(14)21)18(23(2,3)4)16(17)12-7-9-13(20)10-8-12/h7-10,16H,5-6,11H2,1-4H3. The molecule has 1 atom stereocenters. The zero-order valence-electron chi connectivity index (χ0n) is 14.2. The van der Waals surface area contributed by atoms with Gasteiger partial charge in [0, 0.05) is 16.0 Å². The molecule has 0 radical (unpaired) electrons. The molecule has 0 saturated heterocycles. The van der Waals surface area contributed by atoms with Gasteiger partial charge in [0.05, 0.1) is 8.07 Å². The van der Waals surface area contributed by atoms with Gasteiger partial charge in [-0.05, 0) is 35.3 Å². The molecular formula is C19H23BrO2Si. The molecule has 0 bridgehead atoms. The van der Waals surface area contributed by atoms with Gasteiger partial charge < -0.3 is 4.74 Å². The van der Waals surface area contributed by atoms with E-state index in [2.05, 4.69) is 66.8 Å². The van der Waals surface area contributed by atoms with E-state index in [4.69, 9.17) is 4.74 Å². The van der Waals surface area contributed by atoms with Gasteiger partial charge in [-0.2, -0.15) is 0 Å². The summed E-state index contributed by atoms with van der Waals surface area (Å²) in [4.78, 5) is 12.3. The molecular weight excluding hydrogens is 368 g/mol. The van der Waals surface area contributed by atoms with Crippen molar-refractivity contribution in [3.05, 3.63) is 56.2 Å². The number of benzene rings is 1. The average molecular weight is 391 g/mol. The molecule has 2 aliphatic rings. The molecule has 2 nitrogen and oxygen atoms in total. The van der Waals surface area contributed by atoms with Gasteiger partial charge in [0.25, 0.3) is 0 Å². The number of cyclic esters (lactones) is 1. The largest absolute Gasteiger partial charge is 0.457 e. The molecule has 0 N–H and O–H groups in total. The topological polar surface area (TPSA) is 26.3 Å². The Morgan fingerprint density at radius 3 is 2.43 bits per heavy atom. The zero-order chi connectivity index (χ0) is 16.8. The predicted molar refractivity (Wildman–Crippen MR) is 100 cm³/mol. The lowest BCUT2D eigenvalue weighted by molar-refractivity contribution is -0.139. The summed E-state index contributed by atoms with van der Waals surface area (Å²) in [5, 5.41) is 1.55. The van der Waals surface area contributed by atoms with Crippen LogP contribution in [-0.4, -0.2) is 20.7 Å². The van der Waals surface area contributed by atoms with Gasteiger partial charge in [-0.1, -0.05) is 66.2 Å². The minimum absolute atomic E-state index is 0.109. The first-order valence-electron chi connectivity index (χ1n) is 8.24. The molecule has 0 saturated carbocycles. The highest BCUT2D eigenvalue weighted by atomic mass is 79.9. The lowest BCUT2D eigenvalue weighted by Gasteiger charge is -2.46. The van der Waals surface area contributed by atoms with E-state index in [0.717, 1.165) is 22.9 Å². The van der Waals surface area contributed by atoms with Crippen LogP contribution in [0.5, 0.6) is 0 Å². The number of hydrogen-bond acceptors (Lipinski definition) is 2. The monoisotopic (exact) mass is 390 g/mol. The van der Waals surface area contributed by atoms with E-state index in [0.29, 0.717) is 12.5 Å². The van der Waals surface area contributed by atoms with E-state index in [9.17, 15) is 4.79 Å². The van der Waals surface area contributed by atoms with Crippen molar-refractivity contribution in [3.8, 4) is 0 Å². The molecule has 1 aromatic rings. The highest BCUT2D eigenvalue weighted by Crippen LogP contribution is 2.54. The molecule has 0 amide bonds. The average Bonchev–Trinajstić information content (AvgIpc) is 2.44. The first-order valence-corrected chi connectivity index (χ1v) is 12.5. The summed E-state index contributed by atoms with van der Waals surface area (Å²) in [6, 6.07) is 8.55. The predicted octanol–water partition coefficient (Wildman–Crippen LogP) is 5.37. The normalized spacial score (nSPS) is 21.1. The van der Waals surface area contributed by atoms with Gasteiger partial charge in [0.2, 0.25) is 0 Å². The van der Waals surface area contributed by atoms with Crippen molar-refractivity contribution in [2.75, 3.05) is 6.61 Å². The van der Waals surface area contributed by atoms with Crippen LogP contribution in [0.4, 0.5) is 0 Å². The number of carbonyl (C=O) groups excluding carboxylic acids is 1. The van der Waals surface area contributed by atoms with Gasteiger partial charge >= 0.3 is 5.97 Å². The van der Waals surface area contributed by atoms with Gasteiger partial charge in [-0.25, -0.2) is 4.79 Å². The molecule has 23 heavy (non-hydrogen) atoms. The van der Waals surface area contributed by atoms with E-state index in [-0.39, 0.29) is 5.97 Å². The molecule has 122 valence electrons. The SMILES string of the molecule is CCCC1=C2C(=C([Si](C)(C)C)C2c2ccc(Br)cc2)COC1=O. The van der Waals surface area contributed by atoms with Crippen molar-refractivity contribution in [2.45, 2.75) is 45.3 Å². The van der Waals surface area contributed by atoms with E-state index >= 15 is 0 Å². The molecule has 1 aliphatic heterocycles. The fraction of sp³-hybridized carbons (Fsp3) is 0.421. The molecule has 1 heterocycles. The maximum atomic E-state index is 12.3. The number of ether oxygens (including phenoxy) is 1. The fourth-order valence-corrected chi connectivity index (χ4v) is 6.32. The van der Waals surface area contributed by atoms with E-state index in [1.165, 1.54) is 16.7 Å². The molecule has 4 heteroatoms. The maximum absolute atomic E-state index is 12.3. The number of allylic oxidation sites excluding steroid dienone is 1. The zero-order valence-corrected chi connectivity index (χ0v) is 16.8. The molecule has 0 fully saturated rings. The van der Waals surface area contributed by atoms with Crippen LogP contribution in [0.2, 0.25) is 19.6 Å². The van der Waals surface area contributed by atoms with Crippen LogP contribution in [0, 0.1) is 0 Å². The van der Waals surface area contributed by atoms with Crippen LogP contribution in [0.15, 0.2) is 50.7 Å². The number of esters is 1. The Morgan fingerprint density at radius 1 is 1.22 bits per heavy atom. The summed E-state index contributed by atoms with van der Waals surface area (Å²) in [6.45, 7) is 9.73. The summed E-state index contributed by atoms with van der Waals surface area (Å²) >= 11 is 3.51. The third-order valence-corrected chi connectivity index (χ3v) is 7.39. The first-order chi connectivity index (χ1) is 10.8. The van der Waals surface area contributed by atoms with E-state index in [1.54, 1.807) is 5.20 Å². The summed E-state index contributed by atoms with van der Waals surface area (Å²) in [5.74, 6) is 0.182. The van der Waals surface area contributed by atoms with Crippen molar-refractivity contribution in [3.63, 3.8) is 0 Å². The number of fused-ring (bicyclic) bond motifs is 1. The number of hydrogen-bond donors (Lipinski definition) is 0. The van der Waals surface area contributed by atoms with Crippen molar-refractivity contribution in [1.82, 2.24) is 0 Å². The molecule has 0 aromatic heterocycles. The van der Waals surface area contributed by atoms with Crippen LogP contribution in [-0.2, 0) is 9.53 Å². The Balaban J connectivity index is 2.17. The number of carbonyl (C=O) groups is 1. The molecule has 3 rings (SSSR count). The lowest BCUT2D eigenvalue weighted by Crippen LogP contribution is -2.42. The van der Waals surface area contributed by atoms with E-state index in [1.807, 2.05) is 0 Å². The third kappa shape index (κ3) is 2.87.